The number of carbonyl (C=O) groups excluding carboxylic acids is 3. The van der Waals surface area contributed by atoms with Crippen molar-refractivity contribution in [1.29, 1.82) is 0 Å². The summed E-state index contributed by atoms with van der Waals surface area (Å²) in [5.41, 5.74) is 0. The van der Waals surface area contributed by atoms with Crippen LogP contribution in [0.25, 0.3) is 0 Å². The van der Waals surface area contributed by atoms with Crippen molar-refractivity contribution >= 4 is 17.6 Å². The summed E-state index contributed by atoms with van der Waals surface area (Å²) < 4.78 is 0. The van der Waals surface area contributed by atoms with Gasteiger partial charge in [0.15, 0.2) is 0 Å². The molecule has 12 heavy (non-hydrogen) atoms. The van der Waals surface area contributed by atoms with Gasteiger partial charge >= 0.3 is 0 Å². The number of hydrogen-bond acceptors (Lipinski definition) is 3. The molecular formula is C8H11NO3. The van der Waals surface area contributed by atoms with Crippen molar-refractivity contribution in [2.24, 2.45) is 5.92 Å². The molecule has 2 amide bonds. The molecule has 0 heterocycles. The summed E-state index contributed by atoms with van der Waals surface area (Å²) >= 11 is 0. The van der Waals surface area contributed by atoms with Crippen molar-refractivity contribution in [3.63, 3.8) is 0 Å². The van der Waals surface area contributed by atoms with Crippen LogP contribution < -0.4 is 5.32 Å². The standard InChI is InChI=1S/C8H11NO3/c1-5(10)4-7(11)9-8(12)6-2-3-6/h6H,2-4H2,1H3,(H,9,11,12). The minimum Gasteiger partial charge on any atom is -0.299 e. The van der Waals surface area contributed by atoms with Crippen LogP contribution in [0.1, 0.15) is 26.2 Å². The van der Waals surface area contributed by atoms with E-state index in [1.54, 1.807) is 0 Å². The lowest BCUT2D eigenvalue weighted by molar-refractivity contribution is -0.132. The molecule has 0 unspecified atom stereocenters. The lowest BCUT2D eigenvalue weighted by Gasteiger charge is -1.99. The van der Waals surface area contributed by atoms with E-state index in [0.717, 1.165) is 12.8 Å². The fraction of sp³-hybridized carbons (Fsp3) is 0.625. The van der Waals surface area contributed by atoms with Gasteiger partial charge < -0.3 is 0 Å². The number of rotatable bonds is 3. The molecule has 0 aromatic rings. The maximum atomic E-state index is 11.0. The van der Waals surface area contributed by atoms with Gasteiger partial charge in [0.2, 0.25) is 11.8 Å². The molecule has 0 saturated heterocycles. The normalized spacial score (nSPS) is 15.4. The molecule has 0 atom stereocenters. The number of nitrogens with one attached hydrogen (secondary N) is 1. The van der Waals surface area contributed by atoms with Crippen molar-refractivity contribution in [3.8, 4) is 0 Å². The Kier molecular flexibility index (Phi) is 2.58. The summed E-state index contributed by atoms with van der Waals surface area (Å²) in [6.45, 7) is 1.32. The number of imide groups is 1. The monoisotopic (exact) mass is 169 g/mol. The van der Waals surface area contributed by atoms with E-state index >= 15 is 0 Å². The molecule has 1 aliphatic carbocycles. The van der Waals surface area contributed by atoms with Gasteiger partial charge in [0.05, 0.1) is 6.42 Å². The highest BCUT2D eigenvalue weighted by molar-refractivity contribution is 6.04. The first-order chi connectivity index (χ1) is 5.59. The van der Waals surface area contributed by atoms with E-state index in [1.807, 2.05) is 0 Å². The predicted octanol–water partition coefficient (Wildman–Crippen LogP) is 0.0183. The van der Waals surface area contributed by atoms with Crippen LogP contribution in [0.5, 0.6) is 0 Å². The molecular weight excluding hydrogens is 158 g/mol. The Morgan fingerprint density at radius 2 is 1.92 bits per heavy atom. The molecule has 0 aromatic heterocycles. The zero-order valence-corrected chi connectivity index (χ0v) is 6.92. The predicted molar refractivity (Wildman–Crippen MR) is 41.2 cm³/mol. The molecule has 0 bridgehead atoms. The van der Waals surface area contributed by atoms with Crippen LogP contribution >= 0.6 is 0 Å². The van der Waals surface area contributed by atoms with Crippen molar-refractivity contribution in [2.75, 3.05) is 0 Å². The Morgan fingerprint density at radius 3 is 2.33 bits per heavy atom. The highest BCUT2D eigenvalue weighted by atomic mass is 16.2. The Balaban J connectivity index is 2.25. The first-order valence-electron chi connectivity index (χ1n) is 3.92. The second kappa shape index (κ2) is 3.47. The SMILES string of the molecule is CC(=O)CC(=O)NC(=O)C1CC1. The molecule has 0 spiro atoms. The second-order valence-corrected chi connectivity index (χ2v) is 3.07. The van der Waals surface area contributed by atoms with E-state index in [9.17, 15) is 14.4 Å². The van der Waals surface area contributed by atoms with Gasteiger partial charge in [0.1, 0.15) is 5.78 Å². The molecule has 0 radical (unpaired) electrons. The second-order valence-electron chi connectivity index (χ2n) is 3.07. The first kappa shape index (κ1) is 8.90. The van der Waals surface area contributed by atoms with Crippen molar-refractivity contribution in [1.82, 2.24) is 5.32 Å². The summed E-state index contributed by atoms with van der Waals surface area (Å²) in [6, 6.07) is 0. The number of carbonyl (C=O) groups is 3. The van der Waals surface area contributed by atoms with Crippen LogP contribution in [-0.2, 0) is 14.4 Å². The molecule has 4 heteroatoms. The van der Waals surface area contributed by atoms with E-state index in [0.29, 0.717) is 0 Å². The molecule has 1 aliphatic rings. The third-order valence-corrected chi connectivity index (χ3v) is 1.62. The lowest BCUT2D eigenvalue weighted by atomic mass is 10.3. The highest BCUT2D eigenvalue weighted by Crippen LogP contribution is 2.28. The average molecular weight is 169 g/mol. The minimum absolute atomic E-state index is 0.0147. The van der Waals surface area contributed by atoms with Crippen LogP contribution in [0.15, 0.2) is 0 Å². The Hall–Kier alpha value is -1.19. The van der Waals surface area contributed by atoms with Gasteiger partial charge in [-0.1, -0.05) is 0 Å². The fourth-order valence-corrected chi connectivity index (χ4v) is 0.855. The van der Waals surface area contributed by atoms with Crippen molar-refractivity contribution < 1.29 is 14.4 Å². The largest absolute Gasteiger partial charge is 0.299 e. The molecule has 4 nitrogen and oxygen atoms in total. The number of Topliss-reactive ketones (excluding diaryl/α,β-unsaturated/α-hetero) is 1. The summed E-state index contributed by atoms with van der Waals surface area (Å²) in [4.78, 5) is 32.2. The summed E-state index contributed by atoms with van der Waals surface area (Å²) in [5.74, 6) is -0.933. The molecule has 1 saturated carbocycles. The Labute approximate surface area is 70.3 Å². The molecule has 66 valence electrons. The van der Waals surface area contributed by atoms with Gasteiger partial charge in [0, 0.05) is 5.92 Å². The Bertz CT molecular complexity index is 230. The van der Waals surface area contributed by atoms with Crippen LogP contribution in [-0.4, -0.2) is 17.6 Å². The average Bonchev–Trinajstić information content (AvgIpc) is 2.63. The van der Waals surface area contributed by atoms with E-state index in [4.69, 9.17) is 0 Å². The quantitative estimate of drug-likeness (QED) is 0.606. The van der Waals surface area contributed by atoms with E-state index in [2.05, 4.69) is 5.32 Å². The Morgan fingerprint density at radius 1 is 1.33 bits per heavy atom. The molecule has 0 aromatic carbocycles. The number of ketones is 1. The first-order valence-corrected chi connectivity index (χ1v) is 3.92. The summed E-state index contributed by atoms with van der Waals surface area (Å²) in [6.07, 6.45) is 1.52. The number of amides is 2. The van der Waals surface area contributed by atoms with Crippen LogP contribution in [0.4, 0.5) is 0 Å². The van der Waals surface area contributed by atoms with E-state index < -0.39 is 5.91 Å². The van der Waals surface area contributed by atoms with Crippen molar-refractivity contribution in [2.45, 2.75) is 26.2 Å². The maximum absolute atomic E-state index is 11.0. The molecule has 1 rings (SSSR count). The zero-order chi connectivity index (χ0) is 9.14. The lowest BCUT2D eigenvalue weighted by Crippen LogP contribution is -2.32. The van der Waals surface area contributed by atoms with E-state index in [-0.39, 0.29) is 24.0 Å². The fourth-order valence-electron chi connectivity index (χ4n) is 0.855. The smallest absolute Gasteiger partial charge is 0.233 e. The highest BCUT2D eigenvalue weighted by Gasteiger charge is 2.30. The van der Waals surface area contributed by atoms with Crippen LogP contribution in [0, 0.1) is 5.92 Å². The van der Waals surface area contributed by atoms with Gasteiger partial charge in [-0.05, 0) is 19.8 Å². The molecule has 0 aliphatic heterocycles. The van der Waals surface area contributed by atoms with Crippen molar-refractivity contribution in [3.05, 3.63) is 0 Å². The van der Waals surface area contributed by atoms with Crippen LogP contribution in [0.3, 0.4) is 0 Å². The molecule has 1 N–H and O–H groups in total. The summed E-state index contributed by atoms with van der Waals surface area (Å²) in [7, 11) is 0. The number of hydrogen-bond donors (Lipinski definition) is 1. The van der Waals surface area contributed by atoms with E-state index in [1.165, 1.54) is 6.92 Å². The van der Waals surface area contributed by atoms with Gasteiger partial charge in [-0.2, -0.15) is 0 Å². The summed E-state index contributed by atoms with van der Waals surface area (Å²) in [5, 5.41) is 2.17. The van der Waals surface area contributed by atoms with Gasteiger partial charge in [-0.3, -0.25) is 19.7 Å². The maximum Gasteiger partial charge on any atom is 0.233 e. The van der Waals surface area contributed by atoms with Gasteiger partial charge in [-0.25, -0.2) is 0 Å². The third kappa shape index (κ3) is 2.82. The zero-order valence-electron chi connectivity index (χ0n) is 6.92. The third-order valence-electron chi connectivity index (χ3n) is 1.62. The minimum atomic E-state index is -0.487. The molecule has 1 fully saturated rings. The van der Waals surface area contributed by atoms with Gasteiger partial charge in [-0.15, -0.1) is 0 Å². The topological polar surface area (TPSA) is 63.2 Å². The van der Waals surface area contributed by atoms with Crippen LogP contribution in [0.2, 0.25) is 0 Å². The van der Waals surface area contributed by atoms with Gasteiger partial charge in [0.25, 0.3) is 0 Å².